The summed E-state index contributed by atoms with van der Waals surface area (Å²) in [7, 11) is 0. The Morgan fingerprint density at radius 2 is 1.82 bits per heavy atom. The number of hydrogen-bond acceptors (Lipinski definition) is 3. The first-order valence-electron chi connectivity index (χ1n) is 4.81. The van der Waals surface area contributed by atoms with Crippen LogP contribution in [0, 0.1) is 0 Å². The van der Waals surface area contributed by atoms with Gasteiger partial charge in [0, 0.05) is 6.54 Å². The van der Waals surface area contributed by atoms with E-state index < -0.39 is 3.79 Å². The topological polar surface area (TPSA) is 56.7 Å². The second-order valence-electron chi connectivity index (χ2n) is 3.33. The maximum absolute atomic E-state index is 5.91. The molecule has 0 bridgehead atoms. The van der Waals surface area contributed by atoms with Gasteiger partial charge in [0.1, 0.15) is 11.4 Å². The molecule has 0 spiro atoms. The maximum atomic E-state index is 5.91. The number of benzene rings is 1. The summed E-state index contributed by atoms with van der Waals surface area (Å²) >= 11 is 17.7. The van der Waals surface area contributed by atoms with Gasteiger partial charge in [0.25, 0.3) is 0 Å². The van der Waals surface area contributed by atoms with E-state index in [1.54, 1.807) is 0 Å². The van der Waals surface area contributed by atoms with Gasteiger partial charge in [0.05, 0.1) is 5.69 Å². The number of nitrogens with zero attached hydrogens (tertiary/aromatic N) is 3. The van der Waals surface area contributed by atoms with E-state index in [4.69, 9.17) is 40.5 Å². The Morgan fingerprint density at radius 1 is 1.18 bits per heavy atom. The van der Waals surface area contributed by atoms with Crippen molar-refractivity contribution in [3.8, 4) is 5.69 Å². The van der Waals surface area contributed by atoms with Gasteiger partial charge in [-0.25, -0.2) is 4.68 Å². The van der Waals surface area contributed by atoms with Crippen molar-refractivity contribution in [1.29, 1.82) is 0 Å². The molecule has 2 N–H and O–H groups in total. The Balaban J connectivity index is 2.60. The summed E-state index contributed by atoms with van der Waals surface area (Å²) in [4.78, 5) is 0. The lowest BCUT2D eigenvalue weighted by Crippen LogP contribution is -2.14. The lowest BCUT2D eigenvalue weighted by atomic mass is 10.3. The smallest absolute Gasteiger partial charge is 0.234 e. The van der Waals surface area contributed by atoms with E-state index in [9.17, 15) is 0 Å². The Morgan fingerprint density at radius 3 is 2.35 bits per heavy atom. The third-order valence-electron chi connectivity index (χ3n) is 2.20. The van der Waals surface area contributed by atoms with E-state index in [1.807, 2.05) is 30.3 Å². The summed E-state index contributed by atoms with van der Waals surface area (Å²) in [5.74, 6) is 0. The number of rotatable bonds is 2. The standard InChI is InChI=1S/C10H9Cl3N4/c11-10(12,13)9-8(6-14)15-16-17(9)7-4-2-1-3-5-7/h1-5H,6,14H2. The highest BCUT2D eigenvalue weighted by Gasteiger charge is 2.32. The average molecular weight is 292 g/mol. The Hall–Kier alpha value is -0.810. The van der Waals surface area contributed by atoms with Crippen LogP contribution in [0.15, 0.2) is 30.3 Å². The number of nitrogens with two attached hydrogens (primary N) is 1. The van der Waals surface area contributed by atoms with Crippen molar-refractivity contribution in [3.05, 3.63) is 41.7 Å². The van der Waals surface area contributed by atoms with Gasteiger partial charge in [0.2, 0.25) is 3.79 Å². The maximum Gasteiger partial charge on any atom is 0.234 e. The average Bonchev–Trinajstić information content (AvgIpc) is 2.73. The first-order valence-corrected chi connectivity index (χ1v) is 5.94. The largest absolute Gasteiger partial charge is 0.325 e. The van der Waals surface area contributed by atoms with E-state index in [-0.39, 0.29) is 6.54 Å². The minimum absolute atomic E-state index is 0.163. The second-order valence-corrected chi connectivity index (χ2v) is 5.62. The van der Waals surface area contributed by atoms with Crippen molar-refractivity contribution < 1.29 is 0 Å². The minimum Gasteiger partial charge on any atom is -0.325 e. The molecule has 4 nitrogen and oxygen atoms in total. The molecule has 90 valence electrons. The molecule has 0 amide bonds. The lowest BCUT2D eigenvalue weighted by Gasteiger charge is -2.14. The summed E-state index contributed by atoms with van der Waals surface area (Å²) in [6.45, 7) is 0.163. The molecule has 7 heteroatoms. The van der Waals surface area contributed by atoms with Crippen molar-refractivity contribution >= 4 is 34.8 Å². The Bertz CT molecular complexity index is 504. The van der Waals surface area contributed by atoms with Crippen LogP contribution < -0.4 is 5.73 Å². The van der Waals surface area contributed by atoms with E-state index >= 15 is 0 Å². The summed E-state index contributed by atoms with van der Waals surface area (Å²) < 4.78 is -0.136. The number of aromatic nitrogens is 3. The lowest BCUT2D eigenvalue weighted by molar-refractivity contribution is 0.770. The molecule has 0 atom stereocenters. The highest BCUT2D eigenvalue weighted by atomic mass is 35.6. The fourth-order valence-corrected chi connectivity index (χ4v) is 2.05. The summed E-state index contributed by atoms with van der Waals surface area (Å²) in [6.07, 6.45) is 0. The van der Waals surface area contributed by atoms with Gasteiger partial charge in [0.15, 0.2) is 0 Å². The first kappa shape index (κ1) is 12.6. The van der Waals surface area contributed by atoms with E-state index in [0.717, 1.165) is 5.69 Å². The zero-order valence-corrected chi connectivity index (χ0v) is 10.9. The van der Waals surface area contributed by atoms with Crippen LogP contribution in [0.1, 0.15) is 11.4 Å². The molecule has 0 aliphatic heterocycles. The molecule has 2 aromatic rings. The molecule has 1 aromatic heterocycles. The zero-order chi connectivity index (χ0) is 12.5. The molecule has 0 saturated heterocycles. The number of para-hydroxylation sites is 1. The van der Waals surface area contributed by atoms with Crippen LogP contribution in [0.5, 0.6) is 0 Å². The molecule has 0 fully saturated rings. The predicted octanol–water partition coefficient (Wildman–Crippen LogP) is 2.55. The van der Waals surface area contributed by atoms with Crippen molar-refractivity contribution in [1.82, 2.24) is 15.0 Å². The normalized spacial score (nSPS) is 11.8. The molecule has 1 heterocycles. The van der Waals surface area contributed by atoms with Gasteiger partial charge >= 0.3 is 0 Å². The Labute approximate surface area is 113 Å². The van der Waals surface area contributed by atoms with Crippen LogP contribution in [0.25, 0.3) is 5.69 Å². The highest BCUT2D eigenvalue weighted by Crippen LogP contribution is 2.40. The molecule has 0 aliphatic rings. The molecular formula is C10H9Cl3N4. The van der Waals surface area contributed by atoms with Crippen LogP contribution in [-0.2, 0) is 10.3 Å². The first-order chi connectivity index (χ1) is 8.04. The molecule has 0 radical (unpaired) electrons. The molecular weight excluding hydrogens is 282 g/mol. The second kappa shape index (κ2) is 4.82. The van der Waals surface area contributed by atoms with Gasteiger partial charge in [-0.05, 0) is 12.1 Å². The van der Waals surface area contributed by atoms with Crippen LogP contribution in [-0.4, -0.2) is 15.0 Å². The number of alkyl halides is 3. The fourth-order valence-electron chi connectivity index (χ4n) is 1.48. The van der Waals surface area contributed by atoms with Crippen molar-refractivity contribution in [2.45, 2.75) is 10.3 Å². The molecule has 17 heavy (non-hydrogen) atoms. The number of halogens is 3. The Kier molecular flexibility index (Phi) is 3.58. The SMILES string of the molecule is NCc1nnn(-c2ccccc2)c1C(Cl)(Cl)Cl. The van der Waals surface area contributed by atoms with E-state index in [1.165, 1.54) is 4.68 Å². The van der Waals surface area contributed by atoms with Gasteiger partial charge in [-0.2, -0.15) is 0 Å². The fraction of sp³-hybridized carbons (Fsp3) is 0.200. The molecule has 0 aliphatic carbocycles. The third kappa shape index (κ3) is 2.55. The van der Waals surface area contributed by atoms with Gasteiger partial charge < -0.3 is 5.73 Å². The highest BCUT2D eigenvalue weighted by molar-refractivity contribution is 6.66. The third-order valence-corrected chi connectivity index (χ3v) is 2.74. The minimum atomic E-state index is -1.62. The van der Waals surface area contributed by atoms with Gasteiger partial charge in [-0.1, -0.05) is 58.2 Å². The van der Waals surface area contributed by atoms with Crippen LogP contribution in [0.4, 0.5) is 0 Å². The number of hydrogen-bond donors (Lipinski definition) is 1. The summed E-state index contributed by atoms with van der Waals surface area (Å²) in [6, 6.07) is 9.30. The van der Waals surface area contributed by atoms with Crippen molar-refractivity contribution in [3.63, 3.8) is 0 Å². The van der Waals surface area contributed by atoms with Crippen LogP contribution >= 0.6 is 34.8 Å². The predicted molar refractivity (Wildman–Crippen MR) is 68.5 cm³/mol. The van der Waals surface area contributed by atoms with E-state index in [2.05, 4.69) is 10.3 Å². The van der Waals surface area contributed by atoms with Gasteiger partial charge in [-0.3, -0.25) is 0 Å². The molecule has 0 saturated carbocycles. The monoisotopic (exact) mass is 290 g/mol. The zero-order valence-electron chi connectivity index (χ0n) is 8.65. The molecule has 1 aromatic carbocycles. The van der Waals surface area contributed by atoms with Gasteiger partial charge in [-0.15, -0.1) is 5.10 Å². The summed E-state index contributed by atoms with van der Waals surface area (Å²) in [5, 5.41) is 7.87. The van der Waals surface area contributed by atoms with E-state index in [0.29, 0.717) is 11.4 Å². The summed E-state index contributed by atoms with van der Waals surface area (Å²) in [5.41, 5.74) is 7.15. The van der Waals surface area contributed by atoms with Crippen LogP contribution in [0.3, 0.4) is 0 Å². The van der Waals surface area contributed by atoms with Crippen LogP contribution in [0.2, 0.25) is 0 Å². The molecule has 2 rings (SSSR count). The van der Waals surface area contributed by atoms with Crippen molar-refractivity contribution in [2.75, 3.05) is 0 Å². The molecule has 0 unspecified atom stereocenters. The van der Waals surface area contributed by atoms with Crippen molar-refractivity contribution in [2.24, 2.45) is 5.73 Å². The quantitative estimate of drug-likeness (QED) is 0.865.